The van der Waals surface area contributed by atoms with E-state index < -0.39 is 0 Å². The Kier molecular flexibility index (Phi) is 1.50. The maximum atomic E-state index is 3.84. The van der Waals surface area contributed by atoms with Crippen LogP contribution in [0.5, 0.6) is 0 Å². The van der Waals surface area contributed by atoms with Gasteiger partial charge in [-0.3, -0.25) is 0 Å². The van der Waals surface area contributed by atoms with Crippen LogP contribution in [0, 0.1) is 17.8 Å². The van der Waals surface area contributed by atoms with Crippen LogP contribution in [-0.4, -0.2) is 29.3 Å². The second-order valence-corrected chi connectivity index (χ2v) is 7.30. The summed E-state index contributed by atoms with van der Waals surface area (Å²) >= 11 is 2.22. The lowest BCUT2D eigenvalue weighted by molar-refractivity contribution is 0.278. The third-order valence-electron chi connectivity index (χ3n) is 4.91. The molecule has 3 heteroatoms. The Morgan fingerprint density at radius 1 is 1.29 bits per heavy atom. The van der Waals surface area contributed by atoms with E-state index >= 15 is 0 Å². The van der Waals surface area contributed by atoms with Crippen molar-refractivity contribution in [1.82, 2.24) is 10.6 Å². The Balaban J connectivity index is 1.75. The lowest BCUT2D eigenvalue weighted by Crippen LogP contribution is -2.55. The second kappa shape index (κ2) is 2.50. The third-order valence-corrected chi connectivity index (χ3v) is 6.60. The summed E-state index contributed by atoms with van der Waals surface area (Å²) in [5.41, 5.74) is 0. The van der Waals surface area contributed by atoms with E-state index in [1.54, 1.807) is 0 Å². The van der Waals surface area contributed by atoms with Gasteiger partial charge in [0.1, 0.15) is 0 Å². The van der Waals surface area contributed by atoms with Crippen molar-refractivity contribution in [2.75, 3.05) is 13.1 Å². The van der Waals surface area contributed by atoms with E-state index in [1.165, 1.54) is 25.9 Å². The van der Waals surface area contributed by atoms with Crippen LogP contribution in [0.4, 0.5) is 0 Å². The minimum absolute atomic E-state index is 0.442. The molecule has 2 saturated carbocycles. The Bertz CT molecular complexity index is 280. The zero-order chi connectivity index (χ0) is 9.34. The van der Waals surface area contributed by atoms with E-state index in [-0.39, 0.29) is 0 Å². The maximum Gasteiger partial charge on any atom is 0.0835 e. The van der Waals surface area contributed by atoms with Crippen molar-refractivity contribution in [3.63, 3.8) is 0 Å². The van der Waals surface area contributed by atoms with Crippen LogP contribution in [0.3, 0.4) is 0 Å². The Morgan fingerprint density at radius 2 is 2.21 bits per heavy atom. The number of fused-ring (bicyclic) bond motifs is 3. The highest BCUT2D eigenvalue weighted by Gasteiger charge is 2.65. The van der Waals surface area contributed by atoms with Crippen molar-refractivity contribution in [3.05, 3.63) is 0 Å². The molecule has 4 fully saturated rings. The molecule has 2 heterocycles. The van der Waals surface area contributed by atoms with Gasteiger partial charge in [0.15, 0.2) is 0 Å². The highest BCUT2D eigenvalue weighted by molar-refractivity contribution is 8.01. The summed E-state index contributed by atoms with van der Waals surface area (Å²) in [6.07, 6.45) is 2.98. The van der Waals surface area contributed by atoms with Crippen molar-refractivity contribution >= 4 is 11.8 Å². The van der Waals surface area contributed by atoms with Crippen molar-refractivity contribution in [2.45, 2.75) is 35.9 Å². The van der Waals surface area contributed by atoms with Gasteiger partial charge in [0.05, 0.1) is 4.87 Å². The van der Waals surface area contributed by atoms with Gasteiger partial charge in [-0.25, -0.2) is 0 Å². The standard InChI is InChI=1S/C11H18N2S/c1-6-4-13-11(14-6)8-2-7-5-12-10(11)9(7)3-8/h6-10,12-13H,2-5H2,1H3. The van der Waals surface area contributed by atoms with Crippen LogP contribution in [0.25, 0.3) is 0 Å². The molecule has 2 N–H and O–H groups in total. The molecule has 78 valence electrons. The molecule has 2 bridgehead atoms. The molecule has 0 aromatic carbocycles. The molecule has 2 aliphatic carbocycles. The van der Waals surface area contributed by atoms with Gasteiger partial charge in [-0.15, -0.1) is 11.8 Å². The number of hydrogen-bond acceptors (Lipinski definition) is 3. The summed E-state index contributed by atoms with van der Waals surface area (Å²) in [6, 6.07) is 0.793. The fourth-order valence-electron chi connectivity index (χ4n) is 4.45. The van der Waals surface area contributed by atoms with Gasteiger partial charge < -0.3 is 10.6 Å². The first kappa shape index (κ1) is 8.43. The summed E-state index contributed by atoms with van der Waals surface area (Å²) in [6.45, 7) is 4.88. The number of rotatable bonds is 0. The summed E-state index contributed by atoms with van der Waals surface area (Å²) in [7, 11) is 0. The van der Waals surface area contributed by atoms with E-state index in [2.05, 4.69) is 29.3 Å². The maximum absolute atomic E-state index is 3.84. The van der Waals surface area contributed by atoms with Crippen LogP contribution in [0.1, 0.15) is 19.8 Å². The second-order valence-electron chi connectivity index (χ2n) is 5.58. The van der Waals surface area contributed by atoms with Gasteiger partial charge in [0, 0.05) is 17.8 Å². The molecule has 1 spiro atoms. The lowest BCUT2D eigenvalue weighted by atomic mass is 9.86. The third kappa shape index (κ3) is 0.795. The quantitative estimate of drug-likeness (QED) is 0.624. The smallest absolute Gasteiger partial charge is 0.0835 e. The predicted octanol–water partition coefficient (Wildman–Crippen LogP) is 1.04. The van der Waals surface area contributed by atoms with E-state index in [9.17, 15) is 0 Å². The Labute approximate surface area is 89.6 Å². The molecule has 14 heavy (non-hydrogen) atoms. The molecule has 0 radical (unpaired) electrons. The molecular weight excluding hydrogens is 192 g/mol. The van der Waals surface area contributed by atoms with Crippen LogP contribution >= 0.6 is 11.8 Å². The number of nitrogens with one attached hydrogen (secondary N) is 2. The van der Waals surface area contributed by atoms with Crippen LogP contribution in [0.2, 0.25) is 0 Å². The van der Waals surface area contributed by atoms with Gasteiger partial charge in [0.2, 0.25) is 0 Å². The minimum atomic E-state index is 0.442. The van der Waals surface area contributed by atoms with E-state index in [1.807, 2.05) is 0 Å². The normalized spacial score (nSPS) is 64.5. The first-order valence-electron chi connectivity index (χ1n) is 5.96. The van der Waals surface area contributed by atoms with Gasteiger partial charge in [-0.05, 0) is 37.1 Å². The molecule has 0 aromatic rings. The van der Waals surface area contributed by atoms with Crippen LogP contribution < -0.4 is 10.6 Å². The van der Waals surface area contributed by atoms with Crippen LogP contribution in [-0.2, 0) is 0 Å². The van der Waals surface area contributed by atoms with E-state index in [0.717, 1.165) is 29.0 Å². The van der Waals surface area contributed by atoms with Gasteiger partial charge >= 0.3 is 0 Å². The largest absolute Gasteiger partial charge is 0.311 e. The summed E-state index contributed by atoms with van der Waals surface area (Å²) in [5, 5.41) is 8.44. The predicted molar refractivity (Wildman–Crippen MR) is 59.3 cm³/mol. The summed E-state index contributed by atoms with van der Waals surface area (Å²) in [5.74, 6) is 2.99. The molecule has 6 unspecified atom stereocenters. The zero-order valence-electron chi connectivity index (χ0n) is 8.62. The van der Waals surface area contributed by atoms with Gasteiger partial charge in [-0.2, -0.15) is 0 Å². The molecular formula is C11H18N2S. The molecule has 6 atom stereocenters. The van der Waals surface area contributed by atoms with Crippen molar-refractivity contribution in [1.29, 1.82) is 0 Å². The highest BCUT2D eigenvalue weighted by Crippen LogP contribution is 2.62. The fraction of sp³-hybridized carbons (Fsp3) is 1.00. The molecule has 2 nitrogen and oxygen atoms in total. The van der Waals surface area contributed by atoms with E-state index in [0.29, 0.717) is 4.87 Å². The Hall–Kier alpha value is 0.270. The first-order valence-corrected chi connectivity index (χ1v) is 6.84. The zero-order valence-corrected chi connectivity index (χ0v) is 9.44. The highest BCUT2D eigenvalue weighted by atomic mass is 32.2. The van der Waals surface area contributed by atoms with Crippen molar-refractivity contribution in [3.8, 4) is 0 Å². The molecule has 0 amide bonds. The van der Waals surface area contributed by atoms with Crippen LogP contribution in [0.15, 0.2) is 0 Å². The summed E-state index contributed by atoms with van der Waals surface area (Å²) in [4.78, 5) is 0.442. The van der Waals surface area contributed by atoms with Crippen molar-refractivity contribution < 1.29 is 0 Å². The van der Waals surface area contributed by atoms with Gasteiger partial charge in [0.25, 0.3) is 0 Å². The van der Waals surface area contributed by atoms with E-state index in [4.69, 9.17) is 0 Å². The molecule has 4 aliphatic rings. The number of thioether (sulfide) groups is 1. The first-order chi connectivity index (χ1) is 6.79. The minimum Gasteiger partial charge on any atom is -0.311 e. The monoisotopic (exact) mass is 210 g/mol. The Morgan fingerprint density at radius 3 is 3.00 bits per heavy atom. The lowest BCUT2D eigenvalue weighted by Gasteiger charge is -2.38. The topological polar surface area (TPSA) is 24.1 Å². The molecule has 4 rings (SSSR count). The molecule has 0 aromatic heterocycles. The average Bonchev–Trinajstić information content (AvgIpc) is 2.77. The SMILES string of the molecule is CC1CNC2(S1)C1CC3CNC2C3C1. The van der Waals surface area contributed by atoms with Gasteiger partial charge in [-0.1, -0.05) is 6.92 Å². The summed E-state index contributed by atoms with van der Waals surface area (Å²) < 4.78 is 0. The number of hydrogen-bond donors (Lipinski definition) is 2. The fourth-order valence-corrected chi connectivity index (χ4v) is 6.24. The van der Waals surface area contributed by atoms with Crippen molar-refractivity contribution in [2.24, 2.45) is 17.8 Å². The average molecular weight is 210 g/mol. The molecule has 2 saturated heterocycles. The molecule has 2 aliphatic heterocycles.